The Labute approximate surface area is 169 Å². The van der Waals surface area contributed by atoms with Crippen LogP contribution in [0.15, 0.2) is 30.5 Å². The second-order valence-electron chi connectivity index (χ2n) is 7.26. The molecule has 1 amide bonds. The summed E-state index contributed by atoms with van der Waals surface area (Å²) < 4.78 is 23.3. The minimum absolute atomic E-state index is 0.0232. The molecule has 1 saturated heterocycles. The van der Waals surface area contributed by atoms with Crippen LogP contribution in [0.1, 0.15) is 34.5 Å². The van der Waals surface area contributed by atoms with E-state index in [9.17, 15) is 13.2 Å². The van der Waals surface area contributed by atoms with E-state index in [1.807, 2.05) is 24.3 Å². The molecule has 0 saturated carbocycles. The fourth-order valence-corrected chi connectivity index (χ4v) is 5.22. The number of anilines is 2. The largest absolute Gasteiger partial charge is 0.354 e. The van der Waals surface area contributed by atoms with Gasteiger partial charge in [0.2, 0.25) is 0 Å². The molecule has 1 aromatic carbocycles. The summed E-state index contributed by atoms with van der Waals surface area (Å²) in [7, 11) is -3.03. The zero-order valence-corrected chi connectivity index (χ0v) is 17.0. The lowest BCUT2D eigenvalue weighted by molar-refractivity contribution is 0.0763. The first-order chi connectivity index (χ1) is 13.4. The third kappa shape index (κ3) is 4.00. The Bertz CT molecular complexity index is 1010. The fraction of sp³-hybridized carbons (Fsp3) is 0.400. The van der Waals surface area contributed by atoms with Gasteiger partial charge in [-0.1, -0.05) is 17.7 Å². The standard InChI is InChI=1S/C20H22ClN3O3S/c21-14-4-3-5-15(12-14)23-18-13-22-19(17-7-2-1-6-16(17)18)20(25)24-8-10-28(26,27)11-9-24/h3-5,12-13,23H,1-2,6-11H2. The lowest BCUT2D eigenvalue weighted by atomic mass is 9.89. The van der Waals surface area contributed by atoms with Crippen LogP contribution in [0.2, 0.25) is 5.02 Å². The topological polar surface area (TPSA) is 79.4 Å². The molecule has 2 aliphatic rings. The van der Waals surface area contributed by atoms with E-state index in [1.54, 1.807) is 11.1 Å². The Morgan fingerprint density at radius 2 is 1.82 bits per heavy atom. The summed E-state index contributed by atoms with van der Waals surface area (Å²) in [5, 5.41) is 4.03. The zero-order chi connectivity index (χ0) is 19.7. The van der Waals surface area contributed by atoms with Crippen LogP contribution in [0.5, 0.6) is 0 Å². The fourth-order valence-electron chi connectivity index (χ4n) is 3.83. The van der Waals surface area contributed by atoms with Gasteiger partial charge in [0.05, 0.1) is 23.4 Å². The van der Waals surface area contributed by atoms with Gasteiger partial charge >= 0.3 is 0 Å². The summed E-state index contributed by atoms with van der Waals surface area (Å²) in [4.78, 5) is 19.1. The Balaban J connectivity index is 1.63. The zero-order valence-electron chi connectivity index (χ0n) is 15.4. The Morgan fingerprint density at radius 1 is 1.11 bits per heavy atom. The Kier molecular flexibility index (Phi) is 5.29. The molecule has 2 aromatic rings. The van der Waals surface area contributed by atoms with Gasteiger partial charge in [0.1, 0.15) is 5.69 Å². The van der Waals surface area contributed by atoms with Gasteiger partial charge in [-0.15, -0.1) is 0 Å². The van der Waals surface area contributed by atoms with Crippen LogP contribution in [0.25, 0.3) is 0 Å². The number of sulfone groups is 1. The van der Waals surface area contributed by atoms with Gasteiger partial charge in [-0.2, -0.15) is 0 Å². The summed E-state index contributed by atoms with van der Waals surface area (Å²) in [5.41, 5.74) is 4.34. The number of nitrogens with one attached hydrogen (secondary N) is 1. The van der Waals surface area contributed by atoms with Crippen molar-refractivity contribution in [1.29, 1.82) is 0 Å². The summed E-state index contributed by atoms with van der Waals surface area (Å²) >= 11 is 6.08. The molecule has 1 aliphatic carbocycles. The highest BCUT2D eigenvalue weighted by Gasteiger charge is 2.29. The highest BCUT2D eigenvalue weighted by atomic mass is 35.5. The molecule has 4 rings (SSSR count). The summed E-state index contributed by atoms with van der Waals surface area (Å²) in [6.45, 7) is 0.472. The molecule has 1 aliphatic heterocycles. The lowest BCUT2D eigenvalue weighted by Crippen LogP contribution is -2.44. The van der Waals surface area contributed by atoms with Crippen LogP contribution in [0.3, 0.4) is 0 Å². The minimum Gasteiger partial charge on any atom is -0.354 e. The highest BCUT2D eigenvalue weighted by Crippen LogP contribution is 2.32. The van der Waals surface area contributed by atoms with Crippen molar-refractivity contribution in [2.45, 2.75) is 25.7 Å². The number of halogens is 1. The summed E-state index contributed by atoms with van der Waals surface area (Å²) in [6.07, 6.45) is 5.48. The normalized spacial score (nSPS) is 18.4. The maximum Gasteiger partial charge on any atom is 0.272 e. The van der Waals surface area contributed by atoms with Gasteiger partial charge in [0.15, 0.2) is 9.84 Å². The SMILES string of the molecule is O=C(c1ncc(Nc2cccc(Cl)c2)c2c1CCCC2)N1CCS(=O)(=O)CC1. The first-order valence-electron chi connectivity index (χ1n) is 9.46. The van der Waals surface area contributed by atoms with Gasteiger partial charge in [-0.25, -0.2) is 13.4 Å². The maximum absolute atomic E-state index is 13.0. The smallest absolute Gasteiger partial charge is 0.272 e. The van der Waals surface area contributed by atoms with E-state index < -0.39 is 9.84 Å². The highest BCUT2D eigenvalue weighted by molar-refractivity contribution is 7.91. The molecular formula is C20H22ClN3O3S. The van der Waals surface area contributed by atoms with Crippen molar-refractivity contribution in [1.82, 2.24) is 9.88 Å². The number of hydrogen-bond acceptors (Lipinski definition) is 5. The lowest BCUT2D eigenvalue weighted by Gasteiger charge is -2.29. The number of hydrogen-bond donors (Lipinski definition) is 1. The first-order valence-corrected chi connectivity index (χ1v) is 11.7. The van der Waals surface area contributed by atoms with Gasteiger partial charge in [0.25, 0.3) is 5.91 Å². The molecule has 2 heterocycles. The number of pyridine rings is 1. The third-order valence-corrected chi connectivity index (χ3v) is 7.18. The Morgan fingerprint density at radius 3 is 2.54 bits per heavy atom. The second kappa shape index (κ2) is 7.72. The molecule has 28 heavy (non-hydrogen) atoms. The van der Waals surface area contributed by atoms with E-state index in [1.165, 1.54) is 0 Å². The van der Waals surface area contributed by atoms with E-state index in [0.717, 1.165) is 48.2 Å². The van der Waals surface area contributed by atoms with Gasteiger partial charge < -0.3 is 10.2 Å². The van der Waals surface area contributed by atoms with Crippen LogP contribution >= 0.6 is 11.6 Å². The molecule has 1 N–H and O–H groups in total. The average molecular weight is 420 g/mol. The Hall–Kier alpha value is -2.12. The number of amides is 1. The van der Waals surface area contributed by atoms with E-state index in [0.29, 0.717) is 10.7 Å². The van der Waals surface area contributed by atoms with Crippen molar-refractivity contribution in [2.24, 2.45) is 0 Å². The summed E-state index contributed by atoms with van der Waals surface area (Å²) in [6, 6.07) is 7.49. The number of fused-ring (bicyclic) bond motifs is 1. The van der Waals surface area contributed by atoms with Crippen molar-refractivity contribution in [3.8, 4) is 0 Å². The van der Waals surface area contributed by atoms with Crippen molar-refractivity contribution < 1.29 is 13.2 Å². The second-order valence-corrected chi connectivity index (χ2v) is 10.0. The number of nitrogens with zero attached hydrogens (tertiary/aromatic N) is 2. The molecule has 8 heteroatoms. The molecule has 1 fully saturated rings. The van der Waals surface area contributed by atoms with Gasteiger partial charge in [-0.05, 0) is 55.0 Å². The number of aromatic nitrogens is 1. The maximum atomic E-state index is 13.0. The number of carbonyl (C=O) groups excluding carboxylic acids is 1. The molecule has 0 bridgehead atoms. The first kappa shape index (κ1) is 19.2. The predicted molar refractivity (Wildman–Crippen MR) is 110 cm³/mol. The van der Waals surface area contributed by atoms with E-state index >= 15 is 0 Å². The van der Waals surface area contributed by atoms with Crippen LogP contribution < -0.4 is 5.32 Å². The van der Waals surface area contributed by atoms with E-state index in [-0.39, 0.29) is 30.5 Å². The van der Waals surface area contributed by atoms with Crippen LogP contribution in [0, 0.1) is 0 Å². The average Bonchev–Trinajstić information content (AvgIpc) is 2.68. The number of benzene rings is 1. The molecular weight excluding hydrogens is 398 g/mol. The number of rotatable bonds is 3. The molecule has 0 radical (unpaired) electrons. The van der Waals surface area contributed by atoms with Crippen molar-refractivity contribution in [2.75, 3.05) is 29.9 Å². The molecule has 0 unspecified atom stereocenters. The molecule has 1 aromatic heterocycles. The molecule has 0 spiro atoms. The molecule has 0 atom stereocenters. The summed E-state index contributed by atoms with van der Waals surface area (Å²) in [5.74, 6) is -0.118. The van der Waals surface area contributed by atoms with Crippen molar-refractivity contribution >= 4 is 38.7 Å². The monoisotopic (exact) mass is 419 g/mol. The van der Waals surface area contributed by atoms with Crippen molar-refractivity contribution in [3.05, 3.63) is 52.3 Å². The van der Waals surface area contributed by atoms with E-state index in [4.69, 9.17) is 11.6 Å². The minimum atomic E-state index is -3.03. The van der Waals surface area contributed by atoms with E-state index in [2.05, 4.69) is 10.3 Å². The third-order valence-electron chi connectivity index (χ3n) is 5.34. The quantitative estimate of drug-likeness (QED) is 0.826. The van der Waals surface area contributed by atoms with Crippen LogP contribution in [-0.2, 0) is 22.7 Å². The number of carbonyl (C=O) groups is 1. The molecule has 6 nitrogen and oxygen atoms in total. The van der Waals surface area contributed by atoms with Gasteiger partial charge in [-0.3, -0.25) is 4.79 Å². The van der Waals surface area contributed by atoms with Crippen molar-refractivity contribution in [3.63, 3.8) is 0 Å². The van der Waals surface area contributed by atoms with Gasteiger partial charge in [0, 0.05) is 23.8 Å². The van der Waals surface area contributed by atoms with Crippen LogP contribution in [-0.4, -0.2) is 48.8 Å². The predicted octanol–water partition coefficient (Wildman–Crippen LogP) is 3.23. The van der Waals surface area contributed by atoms with Crippen LogP contribution in [0.4, 0.5) is 11.4 Å². The molecule has 148 valence electrons.